The summed E-state index contributed by atoms with van der Waals surface area (Å²) in [6.45, 7) is 6.21. The molecule has 1 saturated heterocycles. The molecule has 206 valence electrons. The summed E-state index contributed by atoms with van der Waals surface area (Å²) in [7, 11) is 0. The summed E-state index contributed by atoms with van der Waals surface area (Å²) in [5.41, 5.74) is 3.61. The molecule has 7 nitrogen and oxygen atoms in total. The van der Waals surface area contributed by atoms with Gasteiger partial charge in [0.2, 0.25) is 11.8 Å². The Hall–Kier alpha value is -3.84. The van der Waals surface area contributed by atoms with Crippen LogP contribution in [0.1, 0.15) is 50.2 Å². The van der Waals surface area contributed by atoms with E-state index < -0.39 is 0 Å². The van der Waals surface area contributed by atoms with Crippen LogP contribution in [0.3, 0.4) is 0 Å². The molecule has 0 amide bonds. The number of carbonyl (C=O) groups is 1. The Bertz CT molecular complexity index is 1510. The fraction of sp³-hybridized carbons (Fsp3) is 0.394. The lowest BCUT2D eigenvalue weighted by atomic mass is 9.88. The van der Waals surface area contributed by atoms with E-state index in [1.54, 1.807) is 12.4 Å². The van der Waals surface area contributed by atoms with Gasteiger partial charge in [0.25, 0.3) is 0 Å². The molecule has 2 fully saturated rings. The van der Waals surface area contributed by atoms with Crippen molar-refractivity contribution in [2.24, 2.45) is 11.8 Å². The molecular formula is C33H37N5O2. The first-order valence-electron chi connectivity index (χ1n) is 14.5. The number of anilines is 1. The summed E-state index contributed by atoms with van der Waals surface area (Å²) in [6, 6.07) is 16.4. The highest BCUT2D eigenvalue weighted by Gasteiger charge is 2.29. The predicted octanol–water partition coefficient (Wildman–Crippen LogP) is 6.50. The van der Waals surface area contributed by atoms with Gasteiger partial charge in [-0.25, -0.2) is 15.0 Å². The number of benzene rings is 2. The van der Waals surface area contributed by atoms with Crippen LogP contribution in [0.15, 0.2) is 60.9 Å². The molecule has 1 saturated carbocycles. The van der Waals surface area contributed by atoms with Gasteiger partial charge < -0.3 is 15.4 Å². The monoisotopic (exact) mass is 535 g/mol. The molecule has 2 N–H and O–H groups in total. The summed E-state index contributed by atoms with van der Waals surface area (Å²) in [4.78, 5) is 27.1. The van der Waals surface area contributed by atoms with Crippen LogP contribution in [0.5, 0.6) is 11.6 Å². The summed E-state index contributed by atoms with van der Waals surface area (Å²) >= 11 is 0. The van der Waals surface area contributed by atoms with E-state index in [0.717, 1.165) is 84.1 Å². The number of ether oxygens (including phenoxy) is 1. The molecule has 6 rings (SSSR count). The summed E-state index contributed by atoms with van der Waals surface area (Å²) in [5, 5.41) is 8.92. The first-order chi connectivity index (χ1) is 19.6. The lowest BCUT2D eigenvalue weighted by Gasteiger charge is -2.23. The van der Waals surface area contributed by atoms with E-state index in [4.69, 9.17) is 9.72 Å². The third-order valence-corrected chi connectivity index (χ3v) is 8.47. The Kier molecular flexibility index (Phi) is 7.73. The van der Waals surface area contributed by atoms with Gasteiger partial charge in [0.05, 0.1) is 11.3 Å². The van der Waals surface area contributed by atoms with Crippen LogP contribution >= 0.6 is 0 Å². The number of hydrogen-bond acceptors (Lipinski definition) is 7. The zero-order chi connectivity index (χ0) is 27.5. The van der Waals surface area contributed by atoms with Crippen molar-refractivity contribution in [2.45, 2.75) is 58.4 Å². The molecule has 4 aromatic rings. The SMILES string of the molecule is Cc1ccc2c(CC(=O)[C@H]3CCCC3C)cccc2c1Oc1ncccc1-c1ccnc(N[C@H]2CCCNC2)n1. The molecule has 3 heterocycles. The first-order valence-corrected chi connectivity index (χ1v) is 14.5. The van der Waals surface area contributed by atoms with Crippen molar-refractivity contribution < 1.29 is 9.53 Å². The first kappa shape index (κ1) is 26.4. The molecule has 2 aromatic carbocycles. The van der Waals surface area contributed by atoms with E-state index in [1.807, 2.05) is 31.2 Å². The molecule has 2 aliphatic rings. The van der Waals surface area contributed by atoms with Gasteiger partial charge in [0.15, 0.2) is 0 Å². The number of piperidine rings is 1. The zero-order valence-electron chi connectivity index (χ0n) is 23.3. The number of ketones is 1. The predicted molar refractivity (Wildman–Crippen MR) is 159 cm³/mol. The van der Waals surface area contributed by atoms with Crippen molar-refractivity contribution >= 4 is 22.5 Å². The quantitative estimate of drug-likeness (QED) is 0.266. The van der Waals surface area contributed by atoms with Gasteiger partial charge >= 0.3 is 0 Å². The van der Waals surface area contributed by atoms with Crippen LogP contribution in [-0.2, 0) is 11.2 Å². The molecular weight excluding hydrogens is 498 g/mol. The number of fused-ring (bicyclic) bond motifs is 1. The van der Waals surface area contributed by atoms with Crippen LogP contribution in [0.25, 0.3) is 22.0 Å². The maximum Gasteiger partial charge on any atom is 0.228 e. The number of hydrogen-bond donors (Lipinski definition) is 2. The Morgan fingerprint density at radius 2 is 1.93 bits per heavy atom. The van der Waals surface area contributed by atoms with Crippen molar-refractivity contribution in [1.29, 1.82) is 0 Å². The second-order valence-electron chi connectivity index (χ2n) is 11.3. The van der Waals surface area contributed by atoms with Crippen molar-refractivity contribution in [1.82, 2.24) is 20.3 Å². The van der Waals surface area contributed by atoms with Crippen molar-refractivity contribution in [2.75, 3.05) is 18.4 Å². The number of nitrogens with one attached hydrogen (secondary N) is 2. The van der Waals surface area contributed by atoms with Crippen LogP contribution in [0, 0.1) is 18.8 Å². The molecule has 0 bridgehead atoms. The smallest absolute Gasteiger partial charge is 0.228 e. The highest BCUT2D eigenvalue weighted by molar-refractivity contribution is 5.96. The van der Waals surface area contributed by atoms with E-state index in [9.17, 15) is 4.79 Å². The number of aromatic nitrogens is 3. The molecule has 0 spiro atoms. The van der Waals surface area contributed by atoms with Gasteiger partial charge in [-0.05, 0) is 79.8 Å². The minimum atomic E-state index is 0.175. The van der Waals surface area contributed by atoms with Gasteiger partial charge in [-0.1, -0.05) is 43.7 Å². The van der Waals surface area contributed by atoms with Gasteiger partial charge in [-0.2, -0.15) is 0 Å². The number of Topliss-reactive ketones (excluding diaryl/α,β-unsaturated/α-hetero) is 1. The fourth-order valence-electron chi connectivity index (χ4n) is 6.24. The van der Waals surface area contributed by atoms with E-state index in [0.29, 0.717) is 36.0 Å². The van der Waals surface area contributed by atoms with Gasteiger partial charge in [0, 0.05) is 42.7 Å². The van der Waals surface area contributed by atoms with Gasteiger partial charge in [0.1, 0.15) is 11.5 Å². The lowest BCUT2D eigenvalue weighted by molar-refractivity contribution is -0.123. The summed E-state index contributed by atoms with van der Waals surface area (Å²) in [6.07, 6.45) is 9.51. The Morgan fingerprint density at radius 3 is 2.75 bits per heavy atom. The van der Waals surface area contributed by atoms with Crippen LogP contribution in [0.4, 0.5) is 5.95 Å². The highest BCUT2D eigenvalue weighted by Crippen LogP contribution is 2.38. The average molecular weight is 536 g/mol. The van der Waals surface area contributed by atoms with Crippen LogP contribution in [-0.4, -0.2) is 39.9 Å². The molecule has 7 heteroatoms. The van der Waals surface area contributed by atoms with E-state index in [1.165, 1.54) is 0 Å². The highest BCUT2D eigenvalue weighted by atomic mass is 16.5. The number of aryl methyl sites for hydroxylation is 1. The molecule has 2 aromatic heterocycles. The van der Waals surface area contributed by atoms with Crippen molar-refractivity contribution in [3.8, 4) is 22.9 Å². The number of pyridine rings is 1. The minimum Gasteiger partial charge on any atom is -0.437 e. The maximum absolute atomic E-state index is 13.2. The second-order valence-corrected chi connectivity index (χ2v) is 11.3. The number of nitrogens with zero attached hydrogens (tertiary/aromatic N) is 3. The molecule has 0 radical (unpaired) electrons. The third-order valence-electron chi connectivity index (χ3n) is 8.47. The molecule has 40 heavy (non-hydrogen) atoms. The number of carbonyl (C=O) groups excluding carboxylic acids is 1. The van der Waals surface area contributed by atoms with Crippen molar-refractivity contribution in [3.05, 3.63) is 72.1 Å². The Balaban J connectivity index is 1.30. The van der Waals surface area contributed by atoms with Gasteiger partial charge in [-0.15, -0.1) is 0 Å². The van der Waals surface area contributed by atoms with Crippen LogP contribution in [0.2, 0.25) is 0 Å². The van der Waals surface area contributed by atoms with E-state index in [-0.39, 0.29) is 5.92 Å². The normalized spacial score (nSPS) is 20.9. The van der Waals surface area contributed by atoms with Crippen LogP contribution < -0.4 is 15.4 Å². The third kappa shape index (κ3) is 5.56. The molecule has 1 aliphatic carbocycles. The van der Waals surface area contributed by atoms with Crippen molar-refractivity contribution in [3.63, 3.8) is 0 Å². The molecule has 3 atom stereocenters. The lowest BCUT2D eigenvalue weighted by Crippen LogP contribution is -2.38. The second kappa shape index (κ2) is 11.7. The number of rotatable bonds is 8. The maximum atomic E-state index is 13.2. The molecule has 1 aliphatic heterocycles. The Labute approximate surface area is 235 Å². The Morgan fingerprint density at radius 1 is 1.00 bits per heavy atom. The fourth-order valence-corrected chi connectivity index (χ4v) is 6.24. The minimum absolute atomic E-state index is 0.175. The summed E-state index contributed by atoms with van der Waals surface area (Å²) < 4.78 is 6.59. The van der Waals surface area contributed by atoms with E-state index in [2.05, 4.69) is 51.8 Å². The zero-order valence-corrected chi connectivity index (χ0v) is 23.3. The van der Waals surface area contributed by atoms with Gasteiger partial charge in [-0.3, -0.25) is 4.79 Å². The standard InChI is InChI=1S/C33H37N5O2/c1-21-7-3-10-25(21)30(39)19-23-8-4-11-27-26(23)14-13-22(2)31(27)40-32-28(12-6-17-35-32)29-15-18-36-33(38-29)37-24-9-5-16-34-20-24/h4,6,8,11-15,17-18,21,24-25,34H,3,5,7,9-10,16,19-20H2,1-2H3,(H,36,37,38)/t21?,24-,25-/m0/s1. The summed E-state index contributed by atoms with van der Waals surface area (Å²) in [5.74, 6) is 2.85. The topological polar surface area (TPSA) is 89.0 Å². The average Bonchev–Trinajstić information content (AvgIpc) is 3.41. The molecule has 1 unspecified atom stereocenters. The largest absolute Gasteiger partial charge is 0.437 e. The van der Waals surface area contributed by atoms with E-state index >= 15 is 0 Å².